The zero-order valence-electron chi connectivity index (χ0n) is 14.4. The molecule has 7 nitrogen and oxygen atoms in total. The summed E-state index contributed by atoms with van der Waals surface area (Å²) in [6.07, 6.45) is 1.40. The molecule has 1 N–H and O–H groups in total. The summed E-state index contributed by atoms with van der Waals surface area (Å²) in [5, 5.41) is 22.7. The number of carbonyl (C=O) groups excluding carboxylic acids is 2. The van der Waals surface area contributed by atoms with Crippen molar-refractivity contribution in [2.24, 2.45) is 0 Å². The van der Waals surface area contributed by atoms with Crippen molar-refractivity contribution in [3.8, 4) is 17.6 Å². The monoisotopic (exact) mass is 477 g/mol. The number of carboxylic acid groups (broad SMARTS) is 1. The third-order valence-corrected chi connectivity index (χ3v) is 4.29. The van der Waals surface area contributed by atoms with Crippen LogP contribution in [0.15, 0.2) is 42.0 Å². The van der Waals surface area contributed by atoms with Crippen molar-refractivity contribution in [2.75, 3.05) is 19.5 Å². The molecule has 0 saturated carbocycles. The van der Waals surface area contributed by atoms with Gasteiger partial charge in [0.05, 0.1) is 23.8 Å². The van der Waals surface area contributed by atoms with Crippen LogP contribution in [-0.4, -0.2) is 26.1 Å². The Balaban J connectivity index is 2.32. The summed E-state index contributed by atoms with van der Waals surface area (Å²) in [5.74, 6) is -1.01. The van der Waals surface area contributed by atoms with E-state index >= 15 is 0 Å². The largest absolute Gasteiger partial charge is 0.545 e. The highest BCUT2D eigenvalue weighted by atomic mass is 127. The minimum atomic E-state index is -1.36. The Hall–Kier alpha value is -3.06. The second-order valence-electron chi connectivity index (χ2n) is 5.23. The first-order chi connectivity index (χ1) is 12.9. The molecule has 0 fully saturated rings. The molecule has 2 rings (SSSR count). The van der Waals surface area contributed by atoms with Gasteiger partial charge in [-0.25, -0.2) is 0 Å². The summed E-state index contributed by atoms with van der Waals surface area (Å²) in [5.41, 5.74) is 0.582. The molecule has 0 atom stereocenters. The van der Waals surface area contributed by atoms with E-state index in [0.29, 0.717) is 17.1 Å². The van der Waals surface area contributed by atoms with E-state index in [4.69, 9.17) is 9.47 Å². The maximum Gasteiger partial charge on any atom is 0.266 e. The van der Waals surface area contributed by atoms with E-state index < -0.39 is 11.9 Å². The Morgan fingerprint density at radius 3 is 2.56 bits per heavy atom. The predicted molar refractivity (Wildman–Crippen MR) is 105 cm³/mol. The Bertz CT molecular complexity index is 963. The number of benzene rings is 2. The lowest BCUT2D eigenvalue weighted by Crippen LogP contribution is -2.22. The molecule has 8 heteroatoms. The van der Waals surface area contributed by atoms with E-state index in [-0.39, 0.29) is 16.8 Å². The van der Waals surface area contributed by atoms with E-state index in [0.717, 1.165) is 3.57 Å². The van der Waals surface area contributed by atoms with E-state index in [2.05, 4.69) is 27.9 Å². The summed E-state index contributed by atoms with van der Waals surface area (Å²) in [6, 6.07) is 10.8. The molecule has 0 unspecified atom stereocenters. The lowest BCUT2D eigenvalue weighted by atomic mass is 10.1. The number of aromatic carboxylic acids is 1. The molecule has 138 valence electrons. The van der Waals surface area contributed by atoms with Gasteiger partial charge in [-0.2, -0.15) is 5.26 Å². The third-order valence-electron chi connectivity index (χ3n) is 3.49. The van der Waals surface area contributed by atoms with Gasteiger partial charge in [-0.1, -0.05) is 12.1 Å². The topological polar surface area (TPSA) is 111 Å². The second-order valence-corrected chi connectivity index (χ2v) is 6.39. The number of methoxy groups -OCH3 is 2. The fourth-order valence-electron chi connectivity index (χ4n) is 2.26. The van der Waals surface area contributed by atoms with E-state index in [1.54, 1.807) is 12.1 Å². The lowest BCUT2D eigenvalue weighted by molar-refractivity contribution is -0.255. The smallest absolute Gasteiger partial charge is 0.266 e. The number of carboxylic acids is 1. The molecule has 2 aromatic carbocycles. The van der Waals surface area contributed by atoms with Crippen LogP contribution in [0, 0.1) is 14.9 Å². The van der Waals surface area contributed by atoms with Crippen molar-refractivity contribution in [3.05, 3.63) is 56.7 Å². The van der Waals surface area contributed by atoms with Crippen molar-refractivity contribution in [1.82, 2.24) is 0 Å². The minimum Gasteiger partial charge on any atom is -0.545 e. The molecule has 0 saturated heterocycles. The van der Waals surface area contributed by atoms with Crippen LogP contribution < -0.4 is 19.9 Å². The molecule has 1 amide bonds. The molecule has 0 bridgehead atoms. The van der Waals surface area contributed by atoms with Crippen LogP contribution in [0.25, 0.3) is 6.08 Å². The standard InChI is InChI=1S/C19H15IN2O5/c1-26-16-8-11(7-15(20)17(16)27-2)6-13(10-21)18(23)22-14-5-3-4-12(9-14)19(24)25/h3-9H,1-2H3,(H,22,23)(H,24,25)/p-1/b13-6+. The van der Waals surface area contributed by atoms with Gasteiger partial charge < -0.3 is 24.7 Å². The molecular formula is C19H14IN2O5-. The molecule has 0 aliphatic heterocycles. The van der Waals surface area contributed by atoms with Gasteiger partial charge in [0.15, 0.2) is 11.5 Å². The van der Waals surface area contributed by atoms with Crippen molar-refractivity contribution >= 4 is 46.2 Å². The van der Waals surface area contributed by atoms with Gasteiger partial charge in [0, 0.05) is 5.69 Å². The van der Waals surface area contributed by atoms with E-state index in [1.165, 1.54) is 44.6 Å². The van der Waals surface area contributed by atoms with Crippen LogP contribution >= 0.6 is 22.6 Å². The molecular weight excluding hydrogens is 463 g/mol. The number of carbonyl (C=O) groups is 2. The van der Waals surface area contributed by atoms with Crippen LogP contribution in [0.5, 0.6) is 11.5 Å². The zero-order valence-corrected chi connectivity index (χ0v) is 16.6. The number of rotatable bonds is 6. The number of hydrogen-bond acceptors (Lipinski definition) is 6. The minimum absolute atomic E-state index is 0.0790. The highest BCUT2D eigenvalue weighted by molar-refractivity contribution is 14.1. The number of nitriles is 1. The van der Waals surface area contributed by atoms with Crippen LogP contribution in [0.3, 0.4) is 0 Å². The number of amides is 1. The Labute approximate surface area is 169 Å². The zero-order chi connectivity index (χ0) is 20.0. The van der Waals surface area contributed by atoms with E-state index in [9.17, 15) is 20.0 Å². The Morgan fingerprint density at radius 1 is 1.22 bits per heavy atom. The molecule has 0 heterocycles. The first-order valence-electron chi connectivity index (χ1n) is 7.55. The molecule has 27 heavy (non-hydrogen) atoms. The average Bonchev–Trinajstić information content (AvgIpc) is 2.65. The summed E-state index contributed by atoms with van der Waals surface area (Å²) in [4.78, 5) is 23.3. The number of nitrogens with one attached hydrogen (secondary N) is 1. The Kier molecular flexibility index (Phi) is 6.79. The quantitative estimate of drug-likeness (QED) is 0.388. The van der Waals surface area contributed by atoms with Crippen molar-refractivity contribution in [1.29, 1.82) is 5.26 Å². The average molecular weight is 477 g/mol. The number of hydrogen-bond donors (Lipinski definition) is 1. The first kappa shape index (κ1) is 20.3. The van der Waals surface area contributed by atoms with Crippen LogP contribution in [-0.2, 0) is 4.79 Å². The molecule has 0 radical (unpaired) electrons. The van der Waals surface area contributed by atoms with Crippen molar-refractivity contribution in [2.45, 2.75) is 0 Å². The van der Waals surface area contributed by atoms with Crippen molar-refractivity contribution in [3.63, 3.8) is 0 Å². The van der Waals surface area contributed by atoms with Gasteiger partial charge in [0.25, 0.3) is 5.91 Å². The fraction of sp³-hybridized carbons (Fsp3) is 0.105. The van der Waals surface area contributed by atoms with Gasteiger partial charge >= 0.3 is 0 Å². The number of nitrogens with zero attached hydrogens (tertiary/aromatic N) is 1. The molecule has 0 spiro atoms. The van der Waals surface area contributed by atoms with Gasteiger partial charge in [-0.05, 0) is 64.1 Å². The first-order valence-corrected chi connectivity index (χ1v) is 8.63. The molecule has 2 aromatic rings. The SMILES string of the molecule is COc1cc(/C=C(\C#N)C(=O)Nc2cccc(C(=O)[O-])c2)cc(I)c1OC. The molecule has 0 aliphatic carbocycles. The van der Waals surface area contributed by atoms with Crippen LogP contribution in [0.2, 0.25) is 0 Å². The number of halogens is 1. The third kappa shape index (κ3) is 4.98. The van der Waals surface area contributed by atoms with Crippen LogP contribution in [0.1, 0.15) is 15.9 Å². The summed E-state index contributed by atoms with van der Waals surface area (Å²) < 4.78 is 11.3. The highest BCUT2D eigenvalue weighted by Gasteiger charge is 2.13. The normalized spacial score (nSPS) is 10.7. The van der Waals surface area contributed by atoms with Gasteiger partial charge in [0.1, 0.15) is 11.6 Å². The summed E-state index contributed by atoms with van der Waals surface area (Å²) in [6.45, 7) is 0. The van der Waals surface area contributed by atoms with Gasteiger partial charge in [-0.15, -0.1) is 0 Å². The predicted octanol–water partition coefficient (Wildman–Crippen LogP) is 2.22. The molecule has 0 aromatic heterocycles. The fourth-order valence-corrected chi connectivity index (χ4v) is 3.10. The second kappa shape index (κ2) is 9.05. The lowest BCUT2D eigenvalue weighted by Gasteiger charge is -2.11. The van der Waals surface area contributed by atoms with Crippen molar-refractivity contribution < 1.29 is 24.2 Å². The van der Waals surface area contributed by atoms with Gasteiger partial charge in [-0.3, -0.25) is 4.79 Å². The number of anilines is 1. The van der Waals surface area contributed by atoms with Gasteiger partial charge in [0.2, 0.25) is 0 Å². The highest BCUT2D eigenvalue weighted by Crippen LogP contribution is 2.34. The maximum atomic E-state index is 12.4. The van der Waals surface area contributed by atoms with E-state index in [1.807, 2.05) is 6.07 Å². The Morgan fingerprint density at radius 2 is 1.96 bits per heavy atom. The van der Waals surface area contributed by atoms with Crippen LogP contribution in [0.4, 0.5) is 5.69 Å². The number of ether oxygens (including phenoxy) is 2. The molecule has 0 aliphatic rings. The summed E-state index contributed by atoms with van der Waals surface area (Å²) >= 11 is 2.06. The maximum absolute atomic E-state index is 12.4. The summed E-state index contributed by atoms with van der Waals surface area (Å²) in [7, 11) is 3.01.